The summed E-state index contributed by atoms with van der Waals surface area (Å²) >= 11 is 0. The van der Waals surface area contributed by atoms with Crippen molar-refractivity contribution in [1.29, 1.82) is 0 Å². The summed E-state index contributed by atoms with van der Waals surface area (Å²) in [6.45, 7) is 0. The molecule has 0 fully saturated rings. The van der Waals surface area contributed by atoms with Crippen molar-refractivity contribution in [2.75, 3.05) is 0 Å². The summed E-state index contributed by atoms with van der Waals surface area (Å²) in [5.41, 5.74) is 10.6. The van der Waals surface area contributed by atoms with Gasteiger partial charge in [-0.05, 0) is 81.4 Å². The van der Waals surface area contributed by atoms with Crippen molar-refractivity contribution in [3.8, 4) is 40.1 Å². The zero-order chi connectivity index (χ0) is 50.2. The molecule has 0 saturated carbocycles. The number of para-hydroxylation sites is 3. The molecule has 4 heterocycles. The van der Waals surface area contributed by atoms with Crippen molar-refractivity contribution in [2.45, 2.75) is 0 Å². The minimum absolute atomic E-state index is 0.553. The van der Waals surface area contributed by atoms with Gasteiger partial charge in [0, 0.05) is 54.8 Å². The first-order chi connectivity index (χ1) is 37.7. The summed E-state index contributed by atoms with van der Waals surface area (Å²) in [5, 5.41) is 12.4. The maximum Gasteiger partial charge on any atom is 0.238 e. The van der Waals surface area contributed by atoms with Crippen LogP contribution in [0.3, 0.4) is 0 Å². The normalized spacial score (nSPS) is 11.9. The van der Waals surface area contributed by atoms with Crippen LogP contribution < -0.4 is 20.7 Å². The van der Waals surface area contributed by atoms with Crippen LogP contribution in [0, 0.1) is 0 Å². The highest BCUT2D eigenvalue weighted by molar-refractivity contribution is 7.20. The van der Waals surface area contributed by atoms with Crippen LogP contribution in [0.25, 0.3) is 106 Å². The lowest BCUT2D eigenvalue weighted by atomic mass is 10.1. The molecule has 0 amide bonds. The van der Waals surface area contributed by atoms with Gasteiger partial charge in [0.2, 0.25) is 5.95 Å². The standard InChI is InChI=1S/C69H46N6Si/c1-6-22-47(23-7-1)67-70-68(48-24-8-2-9-25-48)72-69(71-67)75-65-41-38-49(73-61-35-19-16-32-55(61)56-33-17-20-36-62(56)73)44-58(65)59-45-50(39-42-66(59)75)74-63-37-21-18-34-57(63)60-46-54(40-43-64(60)74)76(51-26-10-3-11-27-51,52-28-12-4-13-29-52)53-30-14-5-15-31-53/h1-46H. The highest BCUT2D eigenvalue weighted by atomic mass is 28.3. The number of rotatable bonds is 9. The third-order valence-electron chi connectivity index (χ3n) is 15.4. The fourth-order valence-electron chi connectivity index (χ4n) is 12.1. The van der Waals surface area contributed by atoms with Crippen molar-refractivity contribution in [3.63, 3.8) is 0 Å². The number of hydrogen-bond acceptors (Lipinski definition) is 3. The Kier molecular flexibility index (Phi) is 10.1. The molecule has 0 radical (unpaired) electrons. The molecule has 0 aliphatic rings. The third-order valence-corrected chi connectivity index (χ3v) is 20.2. The SMILES string of the molecule is c1ccc(-c2nc(-c3ccccc3)nc(-n3c4ccc(-n5c6ccccc6c6ccccc65)cc4c4cc(-n5c6ccccc6c6cc([Si](c7ccccc7)(c7ccccc7)c7ccccc7)ccc65)ccc43)n2)cc1. The summed E-state index contributed by atoms with van der Waals surface area (Å²) < 4.78 is 7.08. The van der Waals surface area contributed by atoms with Gasteiger partial charge in [-0.3, -0.25) is 4.57 Å². The van der Waals surface area contributed by atoms with E-state index in [2.05, 4.69) is 256 Å². The predicted molar refractivity (Wildman–Crippen MR) is 317 cm³/mol. The van der Waals surface area contributed by atoms with Crippen LogP contribution in [-0.4, -0.2) is 36.7 Å². The van der Waals surface area contributed by atoms with E-state index in [1.165, 1.54) is 42.3 Å². The lowest BCUT2D eigenvalue weighted by Gasteiger charge is -2.34. The Morgan fingerprint density at radius 1 is 0.237 bits per heavy atom. The minimum atomic E-state index is -2.82. The molecule has 0 aliphatic carbocycles. The van der Waals surface area contributed by atoms with Crippen molar-refractivity contribution in [3.05, 3.63) is 279 Å². The van der Waals surface area contributed by atoms with E-state index in [0.29, 0.717) is 17.6 Å². The zero-order valence-electron chi connectivity index (χ0n) is 41.2. The van der Waals surface area contributed by atoms with Crippen LogP contribution in [0.2, 0.25) is 0 Å². The summed E-state index contributed by atoms with van der Waals surface area (Å²) in [6, 6.07) is 101. The molecule has 11 aromatic carbocycles. The summed E-state index contributed by atoms with van der Waals surface area (Å²) in [7, 11) is -2.82. The number of hydrogen-bond donors (Lipinski definition) is 0. The Bertz CT molecular complexity index is 4470. The first kappa shape index (κ1) is 43.6. The number of fused-ring (bicyclic) bond motifs is 9. The van der Waals surface area contributed by atoms with Gasteiger partial charge in [-0.2, -0.15) is 9.97 Å². The van der Waals surface area contributed by atoms with Crippen molar-refractivity contribution < 1.29 is 0 Å². The third kappa shape index (κ3) is 6.76. The van der Waals surface area contributed by atoms with Gasteiger partial charge in [-0.25, -0.2) is 4.98 Å². The lowest BCUT2D eigenvalue weighted by molar-refractivity contribution is 0.953. The second kappa shape index (κ2) is 17.6. The fraction of sp³-hybridized carbons (Fsp3) is 0. The first-order valence-corrected chi connectivity index (χ1v) is 27.9. The molecule has 15 rings (SSSR count). The van der Waals surface area contributed by atoms with E-state index in [1.807, 2.05) is 36.4 Å². The fourth-order valence-corrected chi connectivity index (χ4v) is 16.9. The van der Waals surface area contributed by atoms with Gasteiger partial charge in [0.15, 0.2) is 19.7 Å². The molecule has 0 aliphatic heterocycles. The van der Waals surface area contributed by atoms with Gasteiger partial charge in [-0.15, -0.1) is 0 Å². The quantitative estimate of drug-likeness (QED) is 0.107. The molecule has 0 unspecified atom stereocenters. The molecular formula is C69H46N6Si. The molecule has 0 spiro atoms. The monoisotopic (exact) mass is 986 g/mol. The molecule has 0 saturated heterocycles. The van der Waals surface area contributed by atoms with E-state index < -0.39 is 8.07 Å². The molecule has 0 N–H and O–H groups in total. The topological polar surface area (TPSA) is 53.5 Å². The Balaban J connectivity index is 0.997. The van der Waals surface area contributed by atoms with Gasteiger partial charge in [0.1, 0.15) is 0 Å². The molecule has 0 atom stereocenters. The maximum atomic E-state index is 5.31. The Morgan fingerprint density at radius 2 is 0.566 bits per heavy atom. The zero-order valence-corrected chi connectivity index (χ0v) is 42.2. The van der Waals surface area contributed by atoms with Crippen LogP contribution in [0.5, 0.6) is 0 Å². The van der Waals surface area contributed by atoms with E-state index in [0.717, 1.165) is 66.4 Å². The second-order valence-electron chi connectivity index (χ2n) is 19.6. The molecule has 7 heteroatoms. The Labute approximate surface area is 439 Å². The van der Waals surface area contributed by atoms with E-state index >= 15 is 0 Å². The van der Waals surface area contributed by atoms with Crippen LogP contribution in [-0.2, 0) is 0 Å². The van der Waals surface area contributed by atoms with Crippen LogP contribution in [0.15, 0.2) is 279 Å². The number of nitrogens with zero attached hydrogens (tertiary/aromatic N) is 6. The summed E-state index contributed by atoms with van der Waals surface area (Å²) in [5.74, 6) is 1.78. The van der Waals surface area contributed by atoms with Gasteiger partial charge < -0.3 is 9.13 Å². The van der Waals surface area contributed by atoms with Crippen LogP contribution in [0.4, 0.5) is 0 Å². The molecule has 15 aromatic rings. The van der Waals surface area contributed by atoms with E-state index in [-0.39, 0.29) is 0 Å². The Hall–Kier alpha value is -9.95. The average Bonchev–Trinajstić information content (AvgIpc) is 4.26. The molecule has 4 aromatic heterocycles. The second-order valence-corrected chi connectivity index (χ2v) is 23.4. The molecule has 76 heavy (non-hydrogen) atoms. The van der Waals surface area contributed by atoms with Gasteiger partial charge in [0.05, 0.1) is 33.1 Å². The molecule has 6 nitrogen and oxygen atoms in total. The molecular weight excluding hydrogens is 941 g/mol. The van der Waals surface area contributed by atoms with Gasteiger partial charge in [-0.1, -0.05) is 218 Å². The van der Waals surface area contributed by atoms with Crippen molar-refractivity contribution in [2.24, 2.45) is 0 Å². The average molecular weight is 987 g/mol. The molecule has 0 bridgehead atoms. The first-order valence-electron chi connectivity index (χ1n) is 25.9. The maximum absolute atomic E-state index is 5.31. The van der Waals surface area contributed by atoms with Gasteiger partial charge >= 0.3 is 0 Å². The van der Waals surface area contributed by atoms with E-state index in [1.54, 1.807) is 0 Å². The van der Waals surface area contributed by atoms with Crippen molar-refractivity contribution in [1.82, 2.24) is 28.7 Å². The number of aromatic nitrogens is 6. The highest BCUT2D eigenvalue weighted by Gasteiger charge is 2.41. The summed E-state index contributed by atoms with van der Waals surface area (Å²) in [6.07, 6.45) is 0. The predicted octanol–water partition coefficient (Wildman–Crippen LogP) is 13.9. The van der Waals surface area contributed by atoms with Crippen molar-refractivity contribution >= 4 is 94.2 Å². The minimum Gasteiger partial charge on any atom is -0.309 e. The van der Waals surface area contributed by atoms with Gasteiger partial charge in [0.25, 0.3) is 0 Å². The Morgan fingerprint density at radius 3 is 1.00 bits per heavy atom. The summed E-state index contributed by atoms with van der Waals surface area (Å²) in [4.78, 5) is 15.7. The smallest absolute Gasteiger partial charge is 0.238 e. The van der Waals surface area contributed by atoms with E-state index in [9.17, 15) is 0 Å². The van der Waals surface area contributed by atoms with Crippen LogP contribution in [0.1, 0.15) is 0 Å². The van der Waals surface area contributed by atoms with E-state index in [4.69, 9.17) is 15.0 Å². The van der Waals surface area contributed by atoms with Crippen LogP contribution >= 0.6 is 0 Å². The number of benzene rings is 11. The lowest BCUT2D eigenvalue weighted by Crippen LogP contribution is -2.74. The highest BCUT2D eigenvalue weighted by Crippen LogP contribution is 2.40. The largest absolute Gasteiger partial charge is 0.309 e. The molecule has 356 valence electrons.